The van der Waals surface area contributed by atoms with Crippen LogP contribution in [0.3, 0.4) is 0 Å². The fraction of sp³-hybridized carbons (Fsp3) is 0.471. The van der Waals surface area contributed by atoms with Crippen LogP contribution in [-0.2, 0) is 16.6 Å². The van der Waals surface area contributed by atoms with Gasteiger partial charge in [0.05, 0.1) is 13.7 Å². The molecular formula is C17H23N3O3S. The molecule has 0 bridgehead atoms. The van der Waals surface area contributed by atoms with Crippen LogP contribution < -0.4 is 4.74 Å². The summed E-state index contributed by atoms with van der Waals surface area (Å²) < 4.78 is 12.3. The highest BCUT2D eigenvalue weighted by Gasteiger charge is 2.20. The van der Waals surface area contributed by atoms with Crippen molar-refractivity contribution in [3.05, 3.63) is 24.3 Å². The zero-order valence-corrected chi connectivity index (χ0v) is 15.3. The number of ether oxygens (including phenoxy) is 2. The van der Waals surface area contributed by atoms with Crippen LogP contribution in [0, 0.1) is 0 Å². The lowest BCUT2D eigenvalue weighted by Gasteiger charge is -2.10. The Balaban J connectivity index is 2.04. The Bertz CT molecular complexity index is 670. The molecule has 1 unspecified atom stereocenters. The van der Waals surface area contributed by atoms with Gasteiger partial charge in [-0.3, -0.25) is 4.79 Å². The summed E-state index contributed by atoms with van der Waals surface area (Å²) >= 11 is 1.35. The highest BCUT2D eigenvalue weighted by molar-refractivity contribution is 8.00. The number of carbonyl (C=O) groups is 1. The van der Waals surface area contributed by atoms with Crippen LogP contribution >= 0.6 is 11.8 Å². The van der Waals surface area contributed by atoms with Gasteiger partial charge in [-0.05, 0) is 37.6 Å². The molecule has 0 N–H and O–H groups in total. The standard InChI is InChI=1S/C17H23N3O3S/c1-5-6-11-23-16(21)12(2)24-17-19-18-15(20(17)3)13-7-9-14(22-4)10-8-13/h7-10,12H,5-6,11H2,1-4H3. The summed E-state index contributed by atoms with van der Waals surface area (Å²) in [6.45, 7) is 4.35. The Morgan fingerprint density at radius 2 is 2.00 bits per heavy atom. The lowest BCUT2D eigenvalue weighted by molar-refractivity contribution is -0.142. The number of aromatic nitrogens is 3. The van der Waals surface area contributed by atoms with Crippen molar-refractivity contribution in [3.63, 3.8) is 0 Å². The molecule has 2 rings (SSSR count). The van der Waals surface area contributed by atoms with Crippen LogP contribution in [0.5, 0.6) is 5.75 Å². The maximum absolute atomic E-state index is 12.0. The normalized spacial score (nSPS) is 12.0. The van der Waals surface area contributed by atoms with Crippen molar-refractivity contribution in [2.75, 3.05) is 13.7 Å². The van der Waals surface area contributed by atoms with Crippen LogP contribution in [-0.4, -0.2) is 39.7 Å². The van der Waals surface area contributed by atoms with E-state index in [2.05, 4.69) is 17.1 Å². The van der Waals surface area contributed by atoms with Crippen molar-refractivity contribution < 1.29 is 14.3 Å². The third-order valence-corrected chi connectivity index (χ3v) is 4.65. The van der Waals surface area contributed by atoms with Gasteiger partial charge >= 0.3 is 5.97 Å². The van der Waals surface area contributed by atoms with E-state index < -0.39 is 0 Å². The first kappa shape index (κ1) is 18.3. The smallest absolute Gasteiger partial charge is 0.319 e. The molecule has 0 radical (unpaired) electrons. The average molecular weight is 349 g/mol. The Labute approximate surface area is 146 Å². The van der Waals surface area contributed by atoms with Gasteiger partial charge < -0.3 is 14.0 Å². The van der Waals surface area contributed by atoms with E-state index in [1.165, 1.54) is 11.8 Å². The first-order valence-corrected chi connectivity index (χ1v) is 8.81. The van der Waals surface area contributed by atoms with E-state index >= 15 is 0 Å². The number of carbonyl (C=O) groups excluding carboxylic acids is 1. The molecule has 24 heavy (non-hydrogen) atoms. The second kappa shape index (κ2) is 8.73. The molecule has 0 saturated heterocycles. The molecule has 1 atom stereocenters. The van der Waals surface area contributed by atoms with Crippen molar-refractivity contribution in [2.24, 2.45) is 7.05 Å². The number of thioether (sulfide) groups is 1. The van der Waals surface area contributed by atoms with Crippen LogP contribution in [0.15, 0.2) is 29.4 Å². The topological polar surface area (TPSA) is 66.2 Å². The van der Waals surface area contributed by atoms with Gasteiger partial charge in [0, 0.05) is 12.6 Å². The molecule has 0 saturated carbocycles. The number of unbranched alkanes of at least 4 members (excludes halogenated alkanes) is 1. The van der Waals surface area contributed by atoms with E-state index in [-0.39, 0.29) is 11.2 Å². The second-order valence-corrected chi connectivity index (χ2v) is 6.68. The van der Waals surface area contributed by atoms with Gasteiger partial charge in [-0.2, -0.15) is 0 Å². The molecule has 1 aromatic heterocycles. The minimum absolute atomic E-state index is 0.220. The fourth-order valence-electron chi connectivity index (χ4n) is 2.05. The summed E-state index contributed by atoms with van der Waals surface area (Å²) in [5.41, 5.74) is 0.941. The van der Waals surface area contributed by atoms with Gasteiger partial charge in [0.25, 0.3) is 0 Å². The fourth-order valence-corrected chi connectivity index (χ4v) is 2.86. The lowest BCUT2D eigenvalue weighted by Crippen LogP contribution is -2.18. The summed E-state index contributed by atoms with van der Waals surface area (Å²) in [4.78, 5) is 12.0. The van der Waals surface area contributed by atoms with Crippen molar-refractivity contribution in [3.8, 4) is 17.1 Å². The number of esters is 1. The highest BCUT2D eigenvalue weighted by atomic mass is 32.2. The van der Waals surface area contributed by atoms with Gasteiger partial charge in [-0.1, -0.05) is 25.1 Å². The largest absolute Gasteiger partial charge is 0.497 e. The zero-order chi connectivity index (χ0) is 17.5. The van der Waals surface area contributed by atoms with E-state index in [9.17, 15) is 4.79 Å². The van der Waals surface area contributed by atoms with Crippen LogP contribution in [0.25, 0.3) is 11.4 Å². The Morgan fingerprint density at radius 1 is 1.29 bits per heavy atom. The van der Waals surface area contributed by atoms with Crippen LogP contribution in [0.4, 0.5) is 0 Å². The molecule has 0 aliphatic rings. The van der Waals surface area contributed by atoms with Crippen molar-refractivity contribution in [1.82, 2.24) is 14.8 Å². The molecule has 0 aliphatic heterocycles. The summed E-state index contributed by atoms with van der Waals surface area (Å²) in [6.07, 6.45) is 1.89. The summed E-state index contributed by atoms with van der Waals surface area (Å²) in [5, 5.41) is 8.77. The molecule has 0 amide bonds. The van der Waals surface area contributed by atoms with Gasteiger partial charge in [0.15, 0.2) is 11.0 Å². The van der Waals surface area contributed by atoms with E-state index in [0.29, 0.717) is 11.8 Å². The van der Waals surface area contributed by atoms with E-state index in [1.807, 2.05) is 42.8 Å². The number of rotatable bonds is 8. The third-order valence-electron chi connectivity index (χ3n) is 3.54. The van der Waals surface area contributed by atoms with Gasteiger partial charge in [0.1, 0.15) is 11.0 Å². The molecule has 1 heterocycles. The molecule has 1 aromatic carbocycles. The molecule has 7 heteroatoms. The number of methoxy groups -OCH3 is 1. The summed E-state index contributed by atoms with van der Waals surface area (Å²) in [7, 11) is 3.52. The van der Waals surface area contributed by atoms with Crippen molar-refractivity contribution in [2.45, 2.75) is 37.1 Å². The van der Waals surface area contributed by atoms with E-state index in [0.717, 1.165) is 30.0 Å². The first-order valence-electron chi connectivity index (χ1n) is 7.94. The first-order chi connectivity index (χ1) is 11.6. The molecule has 2 aromatic rings. The van der Waals surface area contributed by atoms with Gasteiger partial charge in [-0.15, -0.1) is 10.2 Å². The molecular weight excluding hydrogens is 326 g/mol. The van der Waals surface area contributed by atoms with Gasteiger partial charge in [-0.25, -0.2) is 0 Å². The molecule has 0 spiro atoms. The average Bonchev–Trinajstić information content (AvgIpc) is 2.95. The van der Waals surface area contributed by atoms with Crippen LogP contribution in [0.2, 0.25) is 0 Å². The molecule has 6 nitrogen and oxygen atoms in total. The minimum atomic E-state index is -0.325. The minimum Gasteiger partial charge on any atom is -0.497 e. The third kappa shape index (κ3) is 4.50. The quantitative estimate of drug-likeness (QED) is 0.414. The second-order valence-electron chi connectivity index (χ2n) is 5.37. The summed E-state index contributed by atoms with van der Waals surface area (Å²) in [6, 6.07) is 7.62. The number of hydrogen-bond donors (Lipinski definition) is 0. The Hall–Kier alpha value is -2.02. The summed E-state index contributed by atoms with van der Waals surface area (Å²) in [5.74, 6) is 1.31. The molecule has 130 valence electrons. The Kier molecular flexibility index (Phi) is 6.66. The van der Waals surface area contributed by atoms with Crippen LogP contribution in [0.1, 0.15) is 26.7 Å². The zero-order valence-electron chi connectivity index (χ0n) is 14.5. The van der Waals surface area contributed by atoms with Crippen molar-refractivity contribution in [1.29, 1.82) is 0 Å². The SMILES string of the molecule is CCCCOC(=O)C(C)Sc1nnc(-c2ccc(OC)cc2)n1C. The molecule has 0 aliphatic carbocycles. The monoisotopic (exact) mass is 349 g/mol. The molecule has 0 fully saturated rings. The number of hydrogen-bond acceptors (Lipinski definition) is 6. The maximum Gasteiger partial charge on any atom is 0.319 e. The van der Waals surface area contributed by atoms with E-state index in [4.69, 9.17) is 9.47 Å². The Morgan fingerprint density at radius 3 is 2.62 bits per heavy atom. The van der Waals surface area contributed by atoms with Crippen molar-refractivity contribution >= 4 is 17.7 Å². The van der Waals surface area contributed by atoms with E-state index in [1.54, 1.807) is 7.11 Å². The predicted molar refractivity (Wildman–Crippen MR) is 94.2 cm³/mol. The maximum atomic E-state index is 12.0. The number of nitrogens with zero attached hydrogens (tertiary/aromatic N) is 3. The van der Waals surface area contributed by atoms with Gasteiger partial charge in [0.2, 0.25) is 0 Å². The highest BCUT2D eigenvalue weighted by Crippen LogP contribution is 2.27. The lowest BCUT2D eigenvalue weighted by atomic mass is 10.2. The number of benzene rings is 1. The predicted octanol–water partition coefficient (Wildman–Crippen LogP) is 3.31.